The van der Waals surface area contributed by atoms with Gasteiger partial charge in [0.25, 0.3) is 5.91 Å². The highest BCUT2D eigenvalue weighted by Gasteiger charge is 2.34. The predicted octanol–water partition coefficient (Wildman–Crippen LogP) is 4.06. The first-order valence-electron chi connectivity index (χ1n) is 12.8. The first-order chi connectivity index (χ1) is 18.2. The summed E-state index contributed by atoms with van der Waals surface area (Å²) in [7, 11) is 1.73. The van der Waals surface area contributed by atoms with E-state index in [0.717, 1.165) is 35.2 Å². The minimum atomic E-state index is -0.341. The van der Waals surface area contributed by atoms with Crippen LogP contribution in [-0.2, 0) is 4.79 Å². The molecule has 2 unspecified atom stereocenters. The molecule has 2 aliphatic rings. The van der Waals surface area contributed by atoms with Gasteiger partial charge in [0.15, 0.2) is 0 Å². The first-order valence-corrected chi connectivity index (χ1v) is 13.6. The summed E-state index contributed by atoms with van der Waals surface area (Å²) >= 11 is 1.26. The minimum absolute atomic E-state index is 0.0315. The maximum atomic E-state index is 13.4. The summed E-state index contributed by atoms with van der Waals surface area (Å²) in [5, 5.41) is 12.6. The van der Waals surface area contributed by atoms with Gasteiger partial charge in [-0.15, -0.1) is 11.3 Å². The van der Waals surface area contributed by atoms with Crippen molar-refractivity contribution >= 4 is 56.5 Å². The van der Waals surface area contributed by atoms with Gasteiger partial charge in [-0.05, 0) is 76.9 Å². The molecule has 0 bridgehead atoms. The van der Waals surface area contributed by atoms with Crippen molar-refractivity contribution in [3.05, 3.63) is 40.9 Å². The van der Waals surface area contributed by atoms with Crippen LogP contribution in [0.25, 0.3) is 10.2 Å². The molecule has 3 heterocycles. The van der Waals surface area contributed by atoms with E-state index in [2.05, 4.69) is 26.3 Å². The molecular weight excluding hydrogens is 504 g/mol. The second-order valence-corrected chi connectivity index (χ2v) is 11.0. The summed E-state index contributed by atoms with van der Waals surface area (Å²) in [6, 6.07) is 7.07. The lowest BCUT2D eigenvalue weighted by molar-refractivity contribution is -0.120. The maximum Gasteiger partial charge on any atom is 0.331 e. The van der Waals surface area contributed by atoms with Crippen molar-refractivity contribution in [3.8, 4) is 5.75 Å². The summed E-state index contributed by atoms with van der Waals surface area (Å²) < 4.78 is 5.80. The summed E-state index contributed by atoms with van der Waals surface area (Å²) in [4.78, 5) is 45.9. The number of aromatic nitrogens is 1. The number of thiophene rings is 1. The molecule has 11 heteroatoms. The lowest BCUT2D eigenvalue weighted by Crippen LogP contribution is -2.40. The molecule has 10 nitrogen and oxygen atoms in total. The van der Waals surface area contributed by atoms with Crippen LogP contribution in [0.3, 0.4) is 0 Å². The molecule has 2 atom stereocenters. The number of likely N-dealkylation sites (N-methyl/N-ethyl adjacent to an activating group) is 1. The number of nitrogens with zero attached hydrogens (tertiary/aromatic N) is 2. The van der Waals surface area contributed by atoms with Crippen LogP contribution in [-0.4, -0.2) is 54.6 Å². The van der Waals surface area contributed by atoms with Crippen molar-refractivity contribution in [2.24, 2.45) is 0 Å². The van der Waals surface area contributed by atoms with E-state index >= 15 is 0 Å². The number of carbonyl (C=O) groups is 3. The Hall–Kier alpha value is -3.70. The Morgan fingerprint density at radius 1 is 1.18 bits per heavy atom. The fourth-order valence-electron chi connectivity index (χ4n) is 5.14. The molecule has 38 heavy (non-hydrogen) atoms. The molecule has 1 aliphatic heterocycles. The van der Waals surface area contributed by atoms with Crippen LogP contribution in [0.1, 0.15) is 48.3 Å². The van der Waals surface area contributed by atoms with E-state index in [1.807, 2.05) is 39.0 Å². The summed E-state index contributed by atoms with van der Waals surface area (Å²) in [6.07, 6.45) is 3.95. The number of carbonyl (C=O) groups excluding carboxylic acids is 3. The van der Waals surface area contributed by atoms with Crippen molar-refractivity contribution in [3.63, 3.8) is 0 Å². The average Bonchev–Trinajstić information content (AvgIpc) is 3.45. The number of ether oxygens (including phenoxy) is 1. The van der Waals surface area contributed by atoms with Crippen LogP contribution in [0, 0.1) is 6.92 Å². The number of rotatable bonds is 8. The SMILES string of the molecule is CNCC(=O)NC1CCC(NC(=O)c2sc3nccc4c3c2NC(=O)N4c2ccc(OC(C)C)cc2C)C1. The highest BCUT2D eigenvalue weighted by atomic mass is 32.1. The van der Waals surface area contributed by atoms with Gasteiger partial charge in [-0.25, -0.2) is 9.78 Å². The van der Waals surface area contributed by atoms with Gasteiger partial charge < -0.3 is 26.0 Å². The van der Waals surface area contributed by atoms with Gasteiger partial charge in [-0.2, -0.15) is 0 Å². The molecule has 4 N–H and O–H groups in total. The molecule has 1 saturated carbocycles. The summed E-state index contributed by atoms with van der Waals surface area (Å²) in [5.41, 5.74) is 2.78. The van der Waals surface area contributed by atoms with Crippen molar-refractivity contribution in [1.82, 2.24) is 20.9 Å². The van der Waals surface area contributed by atoms with Gasteiger partial charge in [0.05, 0.1) is 35.1 Å². The molecule has 1 aliphatic carbocycles. The molecule has 200 valence electrons. The molecule has 0 saturated heterocycles. The zero-order valence-corrected chi connectivity index (χ0v) is 22.7. The minimum Gasteiger partial charge on any atom is -0.491 e. The zero-order chi connectivity index (χ0) is 27.0. The van der Waals surface area contributed by atoms with E-state index in [1.165, 1.54) is 11.3 Å². The van der Waals surface area contributed by atoms with Gasteiger partial charge in [0.2, 0.25) is 5.91 Å². The fraction of sp³-hybridized carbons (Fsp3) is 0.407. The number of pyridine rings is 1. The molecule has 0 radical (unpaired) electrons. The van der Waals surface area contributed by atoms with E-state index in [1.54, 1.807) is 24.2 Å². The third-order valence-electron chi connectivity index (χ3n) is 6.70. The number of amides is 4. The van der Waals surface area contributed by atoms with Crippen LogP contribution in [0.5, 0.6) is 5.75 Å². The molecule has 3 aromatic rings. The lowest BCUT2D eigenvalue weighted by Gasteiger charge is -2.29. The number of anilines is 3. The van der Waals surface area contributed by atoms with E-state index in [9.17, 15) is 14.4 Å². The molecular formula is C27H32N6O4S. The Morgan fingerprint density at radius 3 is 2.66 bits per heavy atom. The van der Waals surface area contributed by atoms with Crippen LogP contribution >= 0.6 is 11.3 Å². The van der Waals surface area contributed by atoms with Gasteiger partial charge in [-0.3, -0.25) is 14.5 Å². The molecule has 1 aromatic carbocycles. The Bertz CT molecular complexity index is 1400. The van der Waals surface area contributed by atoms with Gasteiger partial charge in [0, 0.05) is 18.3 Å². The van der Waals surface area contributed by atoms with Crippen molar-refractivity contribution < 1.29 is 19.1 Å². The lowest BCUT2D eigenvalue weighted by atomic mass is 10.1. The maximum absolute atomic E-state index is 13.4. The Kier molecular flexibility index (Phi) is 7.22. The van der Waals surface area contributed by atoms with E-state index in [-0.39, 0.29) is 42.6 Å². The number of hydrogen-bond acceptors (Lipinski definition) is 7. The quantitative estimate of drug-likeness (QED) is 0.344. The Labute approximate surface area is 225 Å². The third kappa shape index (κ3) is 5.03. The monoisotopic (exact) mass is 536 g/mol. The second kappa shape index (κ2) is 10.6. The molecule has 0 spiro atoms. The summed E-state index contributed by atoms with van der Waals surface area (Å²) in [5.74, 6) is 0.437. The first kappa shape index (κ1) is 25.9. The number of nitrogens with one attached hydrogen (secondary N) is 4. The van der Waals surface area contributed by atoms with E-state index in [4.69, 9.17) is 4.74 Å². The fourth-order valence-corrected chi connectivity index (χ4v) is 6.16. The van der Waals surface area contributed by atoms with Gasteiger partial charge >= 0.3 is 6.03 Å². The van der Waals surface area contributed by atoms with Gasteiger partial charge in [-0.1, -0.05) is 0 Å². The third-order valence-corrected chi connectivity index (χ3v) is 7.80. The summed E-state index contributed by atoms with van der Waals surface area (Å²) in [6.45, 7) is 6.14. The highest BCUT2D eigenvalue weighted by Crippen LogP contribution is 2.46. The number of aryl methyl sites for hydroxylation is 1. The molecule has 5 rings (SSSR count). The highest BCUT2D eigenvalue weighted by molar-refractivity contribution is 7.21. The van der Waals surface area contributed by atoms with E-state index in [0.29, 0.717) is 27.5 Å². The Balaban J connectivity index is 1.39. The van der Waals surface area contributed by atoms with Gasteiger partial charge in [0.1, 0.15) is 15.5 Å². The smallest absolute Gasteiger partial charge is 0.331 e. The normalized spacial score (nSPS) is 18.6. The number of hydrogen-bond donors (Lipinski definition) is 4. The average molecular weight is 537 g/mol. The topological polar surface area (TPSA) is 125 Å². The second-order valence-electron chi connectivity index (χ2n) is 9.98. The standard InChI is InChI=1S/C27H32N6O4S/c1-14(2)37-18-7-8-19(15(3)11-18)33-20-9-10-29-26-22(20)23(32-27(33)36)24(38-26)25(35)31-17-6-5-16(12-17)30-21(34)13-28-4/h7-11,14,16-17,28H,5-6,12-13H2,1-4H3,(H,30,34)(H,31,35)(H,32,36). The van der Waals surface area contributed by atoms with Crippen LogP contribution in [0.15, 0.2) is 30.5 Å². The largest absolute Gasteiger partial charge is 0.491 e. The van der Waals surface area contributed by atoms with Crippen molar-refractivity contribution in [2.75, 3.05) is 23.8 Å². The van der Waals surface area contributed by atoms with E-state index < -0.39 is 0 Å². The van der Waals surface area contributed by atoms with Crippen LogP contribution < -0.4 is 30.9 Å². The molecule has 1 fully saturated rings. The Morgan fingerprint density at radius 2 is 1.95 bits per heavy atom. The molecule has 2 aromatic heterocycles. The molecule has 4 amide bonds. The van der Waals surface area contributed by atoms with Crippen LogP contribution in [0.4, 0.5) is 21.9 Å². The zero-order valence-electron chi connectivity index (χ0n) is 21.9. The van der Waals surface area contributed by atoms with Crippen molar-refractivity contribution in [1.29, 1.82) is 0 Å². The van der Waals surface area contributed by atoms with Crippen LogP contribution in [0.2, 0.25) is 0 Å². The van der Waals surface area contributed by atoms with Crippen molar-refractivity contribution in [2.45, 2.75) is 58.2 Å². The predicted molar refractivity (Wildman–Crippen MR) is 149 cm³/mol. The number of benzene rings is 1. The number of urea groups is 1.